The summed E-state index contributed by atoms with van der Waals surface area (Å²) in [6.07, 6.45) is 0. The number of methoxy groups -OCH3 is 1. The van der Waals surface area contributed by atoms with Gasteiger partial charge in [-0.3, -0.25) is 4.79 Å². The third-order valence-electron chi connectivity index (χ3n) is 3.88. The van der Waals surface area contributed by atoms with E-state index in [1.54, 1.807) is 31.2 Å². The highest BCUT2D eigenvalue weighted by molar-refractivity contribution is 7.89. The molecule has 2 rings (SSSR count). The summed E-state index contributed by atoms with van der Waals surface area (Å²) >= 11 is 6.03. The second kappa shape index (κ2) is 9.77. The Morgan fingerprint density at radius 3 is 2.36 bits per heavy atom. The van der Waals surface area contributed by atoms with Crippen LogP contribution >= 0.6 is 11.6 Å². The van der Waals surface area contributed by atoms with Gasteiger partial charge >= 0.3 is 0 Å². The lowest BCUT2D eigenvalue weighted by atomic mass is 10.3. The fourth-order valence-corrected chi connectivity index (χ4v) is 4.24. The fraction of sp³-hybridized carbons (Fsp3) is 0.316. The van der Waals surface area contributed by atoms with Gasteiger partial charge in [-0.1, -0.05) is 18.5 Å². The first-order valence-electron chi connectivity index (χ1n) is 8.68. The molecule has 0 fully saturated rings. The number of halogens is 1. The number of nitrogens with one attached hydrogen (secondary N) is 1. The van der Waals surface area contributed by atoms with E-state index in [1.165, 1.54) is 25.3 Å². The molecule has 0 aliphatic carbocycles. The van der Waals surface area contributed by atoms with Crippen LogP contribution in [0.4, 0.5) is 5.69 Å². The fourth-order valence-electron chi connectivity index (χ4n) is 2.49. The number of benzene rings is 2. The van der Waals surface area contributed by atoms with Crippen LogP contribution in [0, 0.1) is 0 Å². The minimum Gasteiger partial charge on any atom is -0.495 e. The van der Waals surface area contributed by atoms with Gasteiger partial charge < -0.3 is 14.8 Å². The van der Waals surface area contributed by atoms with Crippen LogP contribution in [0.3, 0.4) is 0 Å². The van der Waals surface area contributed by atoms with Crippen molar-refractivity contribution in [1.82, 2.24) is 4.31 Å². The van der Waals surface area contributed by atoms with Crippen LogP contribution < -0.4 is 14.8 Å². The molecule has 1 N–H and O–H groups in total. The van der Waals surface area contributed by atoms with Crippen molar-refractivity contribution in [3.05, 3.63) is 47.5 Å². The molecule has 28 heavy (non-hydrogen) atoms. The maximum Gasteiger partial charge on any atom is 0.243 e. The van der Waals surface area contributed by atoms with Crippen LogP contribution in [-0.2, 0) is 14.8 Å². The predicted octanol–water partition coefficient (Wildman–Crippen LogP) is 3.40. The number of carbonyl (C=O) groups excluding carboxylic acids is 1. The molecule has 0 saturated heterocycles. The molecule has 1 amide bonds. The Hall–Kier alpha value is -2.29. The Bertz CT molecular complexity index is 916. The largest absolute Gasteiger partial charge is 0.495 e. The van der Waals surface area contributed by atoms with Crippen LogP contribution in [0.2, 0.25) is 5.02 Å². The number of carbonyl (C=O) groups is 1. The van der Waals surface area contributed by atoms with E-state index in [0.29, 0.717) is 23.8 Å². The molecular weight excluding hydrogens is 404 g/mol. The highest BCUT2D eigenvalue weighted by Gasteiger charge is 2.26. The van der Waals surface area contributed by atoms with Gasteiger partial charge in [0.2, 0.25) is 15.9 Å². The monoisotopic (exact) mass is 426 g/mol. The summed E-state index contributed by atoms with van der Waals surface area (Å²) in [5.74, 6) is 0.612. The van der Waals surface area contributed by atoms with E-state index in [-0.39, 0.29) is 23.0 Å². The maximum absolute atomic E-state index is 12.8. The van der Waals surface area contributed by atoms with E-state index in [0.717, 1.165) is 4.31 Å². The molecule has 0 radical (unpaired) electrons. The number of hydrogen-bond acceptors (Lipinski definition) is 5. The zero-order valence-corrected chi connectivity index (χ0v) is 17.5. The zero-order valence-electron chi connectivity index (χ0n) is 15.9. The first kappa shape index (κ1) is 22.0. The molecule has 0 aliphatic rings. The van der Waals surface area contributed by atoms with Crippen molar-refractivity contribution in [3.63, 3.8) is 0 Å². The first-order chi connectivity index (χ1) is 13.3. The normalized spacial score (nSPS) is 11.3. The van der Waals surface area contributed by atoms with Crippen molar-refractivity contribution in [1.29, 1.82) is 0 Å². The second-order valence-electron chi connectivity index (χ2n) is 5.73. The molecule has 9 heteroatoms. The molecule has 0 unspecified atom stereocenters. The average Bonchev–Trinajstić information content (AvgIpc) is 2.67. The summed E-state index contributed by atoms with van der Waals surface area (Å²) < 4.78 is 37.2. The lowest BCUT2D eigenvalue weighted by Crippen LogP contribution is -2.37. The molecule has 0 spiro atoms. The topological polar surface area (TPSA) is 84.9 Å². The first-order valence-corrected chi connectivity index (χ1v) is 10.5. The molecule has 0 saturated carbocycles. The highest BCUT2D eigenvalue weighted by Crippen LogP contribution is 2.28. The molecule has 2 aromatic carbocycles. The molecule has 0 bridgehead atoms. The Balaban J connectivity index is 2.11. The third-order valence-corrected chi connectivity index (χ3v) is 6.09. The molecule has 0 aliphatic heterocycles. The van der Waals surface area contributed by atoms with Gasteiger partial charge in [-0.15, -0.1) is 0 Å². The number of sulfonamides is 1. The van der Waals surface area contributed by atoms with E-state index < -0.39 is 15.9 Å². The van der Waals surface area contributed by atoms with Crippen molar-refractivity contribution in [3.8, 4) is 11.5 Å². The van der Waals surface area contributed by atoms with Gasteiger partial charge in [-0.05, 0) is 49.4 Å². The Labute approximate surface area is 170 Å². The van der Waals surface area contributed by atoms with Gasteiger partial charge in [0.1, 0.15) is 11.5 Å². The minimum atomic E-state index is -3.89. The minimum absolute atomic E-state index is 0.00554. The number of likely N-dealkylation sites (N-methyl/N-ethyl adjacent to an activating group) is 1. The van der Waals surface area contributed by atoms with Crippen LogP contribution in [0.1, 0.15) is 13.8 Å². The number of rotatable bonds is 9. The molecule has 0 atom stereocenters. The van der Waals surface area contributed by atoms with Gasteiger partial charge in [0, 0.05) is 12.2 Å². The summed E-state index contributed by atoms with van der Waals surface area (Å²) in [5, 5.41) is 2.86. The molecule has 0 aromatic heterocycles. The smallest absolute Gasteiger partial charge is 0.243 e. The molecule has 0 heterocycles. The molecule has 2 aromatic rings. The number of hydrogen-bond donors (Lipinski definition) is 1. The quantitative estimate of drug-likeness (QED) is 0.664. The van der Waals surface area contributed by atoms with Gasteiger partial charge in [-0.25, -0.2) is 8.42 Å². The van der Waals surface area contributed by atoms with Crippen molar-refractivity contribution in [2.24, 2.45) is 0 Å². The van der Waals surface area contributed by atoms with Gasteiger partial charge in [0.05, 0.1) is 30.2 Å². The summed E-state index contributed by atoms with van der Waals surface area (Å²) in [6, 6.07) is 11.0. The molecule has 152 valence electrons. The van der Waals surface area contributed by atoms with E-state index in [2.05, 4.69) is 5.32 Å². The van der Waals surface area contributed by atoms with Crippen molar-refractivity contribution < 1.29 is 22.7 Å². The second-order valence-corrected chi connectivity index (χ2v) is 8.08. The predicted molar refractivity (Wildman–Crippen MR) is 109 cm³/mol. The Morgan fingerprint density at radius 1 is 1.14 bits per heavy atom. The van der Waals surface area contributed by atoms with Crippen LogP contribution in [0.5, 0.6) is 11.5 Å². The zero-order chi connectivity index (χ0) is 20.7. The number of nitrogens with zero attached hydrogens (tertiary/aromatic N) is 1. The van der Waals surface area contributed by atoms with Crippen molar-refractivity contribution >= 4 is 33.2 Å². The van der Waals surface area contributed by atoms with Crippen molar-refractivity contribution in [2.45, 2.75) is 18.7 Å². The third kappa shape index (κ3) is 5.37. The van der Waals surface area contributed by atoms with Gasteiger partial charge in [0.25, 0.3) is 0 Å². The molecule has 7 nitrogen and oxygen atoms in total. The maximum atomic E-state index is 12.8. The van der Waals surface area contributed by atoms with Gasteiger partial charge in [-0.2, -0.15) is 4.31 Å². The van der Waals surface area contributed by atoms with E-state index in [1.807, 2.05) is 6.92 Å². The lowest BCUT2D eigenvalue weighted by Gasteiger charge is -2.20. The summed E-state index contributed by atoms with van der Waals surface area (Å²) in [4.78, 5) is 12.3. The number of amides is 1. The van der Waals surface area contributed by atoms with E-state index in [9.17, 15) is 13.2 Å². The standard InChI is InChI=1S/C19H23ClN2O5S/c1-4-22(28(24,25)16-10-11-18(26-3)17(20)12-16)13-19(23)21-14-6-8-15(9-7-14)27-5-2/h6-12H,4-5,13H2,1-3H3,(H,21,23). The average molecular weight is 427 g/mol. The SMILES string of the molecule is CCOc1ccc(NC(=O)CN(CC)S(=O)(=O)c2ccc(OC)c(Cl)c2)cc1. The van der Waals surface area contributed by atoms with Crippen molar-refractivity contribution in [2.75, 3.05) is 32.1 Å². The van der Waals surface area contributed by atoms with E-state index >= 15 is 0 Å². The number of ether oxygens (including phenoxy) is 2. The summed E-state index contributed by atoms with van der Waals surface area (Å²) in [5.41, 5.74) is 0.550. The number of anilines is 1. The van der Waals surface area contributed by atoms with Crippen LogP contribution in [-0.4, -0.2) is 45.4 Å². The Kier molecular flexibility index (Phi) is 7.68. The van der Waals surface area contributed by atoms with Crippen LogP contribution in [0.15, 0.2) is 47.4 Å². The van der Waals surface area contributed by atoms with Gasteiger partial charge in [0.15, 0.2) is 0 Å². The lowest BCUT2D eigenvalue weighted by molar-refractivity contribution is -0.116. The molecular formula is C19H23ClN2O5S. The summed E-state index contributed by atoms with van der Waals surface area (Å²) in [7, 11) is -2.44. The Morgan fingerprint density at radius 2 is 1.82 bits per heavy atom. The van der Waals surface area contributed by atoms with Crippen LogP contribution in [0.25, 0.3) is 0 Å². The van der Waals surface area contributed by atoms with E-state index in [4.69, 9.17) is 21.1 Å². The highest BCUT2D eigenvalue weighted by atomic mass is 35.5. The summed E-state index contributed by atoms with van der Waals surface area (Å²) in [6.45, 7) is 3.89.